The Balaban J connectivity index is 1.50. The second kappa shape index (κ2) is 10.9. The van der Waals surface area contributed by atoms with E-state index < -0.39 is 5.91 Å². The van der Waals surface area contributed by atoms with Crippen molar-refractivity contribution in [2.24, 2.45) is 0 Å². The third-order valence-electron chi connectivity index (χ3n) is 5.02. The SMILES string of the molecule is N#C/C(=C\c1cc(I)c(OCc2ccc3ccccc3c2)c(I)c1)C(=O)Nc1ccc(O)cc1. The number of nitriles is 1. The van der Waals surface area contributed by atoms with Gasteiger partial charge >= 0.3 is 0 Å². The van der Waals surface area contributed by atoms with E-state index in [-0.39, 0.29) is 11.3 Å². The molecule has 0 saturated carbocycles. The minimum absolute atomic E-state index is 0.0236. The highest BCUT2D eigenvalue weighted by atomic mass is 127. The van der Waals surface area contributed by atoms with Crippen LogP contribution in [0.5, 0.6) is 11.5 Å². The summed E-state index contributed by atoms with van der Waals surface area (Å²) in [6, 6.07) is 26.3. The zero-order valence-electron chi connectivity index (χ0n) is 17.8. The first-order valence-corrected chi connectivity index (χ1v) is 12.4. The number of phenols is 1. The zero-order chi connectivity index (χ0) is 24.1. The van der Waals surface area contributed by atoms with Gasteiger partial charge in [0.25, 0.3) is 5.91 Å². The van der Waals surface area contributed by atoms with Crippen LogP contribution in [0.25, 0.3) is 16.8 Å². The van der Waals surface area contributed by atoms with E-state index in [0.717, 1.165) is 24.0 Å². The van der Waals surface area contributed by atoms with Crippen molar-refractivity contribution in [1.29, 1.82) is 5.26 Å². The fraction of sp³-hybridized carbons (Fsp3) is 0.0370. The number of hydrogen-bond donors (Lipinski definition) is 2. The van der Waals surface area contributed by atoms with Gasteiger partial charge in [-0.15, -0.1) is 0 Å². The summed E-state index contributed by atoms with van der Waals surface area (Å²) >= 11 is 4.40. The molecule has 0 aliphatic carbocycles. The molecule has 4 aromatic carbocycles. The molecule has 0 fully saturated rings. The molecule has 0 saturated heterocycles. The fourth-order valence-corrected chi connectivity index (χ4v) is 5.47. The first kappa shape index (κ1) is 24.0. The molecule has 168 valence electrons. The van der Waals surface area contributed by atoms with Gasteiger partial charge in [-0.3, -0.25) is 4.79 Å². The lowest BCUT2D eigenvalue weighted by molar-refractivity contribution is -0.112. The first-order chi connectivity index (χ1) is 16.4. The van der Waals surface area contributed by atoms with E-state index in [1.807, 2.05) is 30.3 Å². The number of carbonyl (C=O) groups is 1. The van der Waals surface area contributed by atoms with Gasteiger partial charge < -0.3 is 15.2 Å². The number of fused-ring (bicyclic) bond motifs is 1. The molecule has 7 heteroatoms. The lowest BCUT2D eigenvalue weighted by atomic mass is 10.1. The van der Waals surface area contributed by atoms with E-state index in [9.17, 15) is 15.2 Å². The zero-order valence-corrected chi connectivity index (χ0v) is 22.1. The summed E-state index contributed by atoms with van der Waals surface area (Å²) in [5.41, 5.74) is 2.27. The molecule has 0 heterocycles. The summed E-state index contributed by atoms with van der Waals surface area (Å²) in [7, 11) is 0. The van der Waals surface area contributed by atoms with E-state index in [1.54, 1.807) is 18.2 Å². The van der Waals surface area contributed by atoms with Gasteiger partial charge in [0.05, 0.1) is 7.14 Å². The molecule has 0 aliphatic rings. The number of aromatic hydroxyl groups is 1. The molecule has 1 amide bonds. The van der Waals surface area contributed by atoms with Crippen molar-refractivity contribution in [3.63, 3.8) is 0 Å². The highest BCUT2D eigenvalue weighted by Crippen LogP contribution is 2.31. The maximum atomic E-state index is 12.5. The minimum atomic E-state index is -0.519. The Bertz CT molecular complexity index is 1420. The Morgan fingerprint density at radius 1 is 0.971 bits per heavy atom. The number of hydrogen-bond acceptors (Lipinski definition) is 4. The second-order valence-corrected chi connectivity index (χ2v) is 9.78. The standard InChI is InChI=1S/C27H18I2N2O3/c28-24-13-18(12-21(15-30)27(33)31-22-7-9-23(32)10-8-22)14-25(29)26(24)34-16-17-5-6-19-3-1-2-4-20(19)11-17/h1-14,32H,16H2,(H,31,33)/b21-12+. The molecule has 0 aliphatic heterocycles. The fourth-order valence-electron chi connectivity index (χ4n) is 3.34. The van der Waals surface area contributed by atoms with E-state index in [2.05, 4.69) is 80.8 Å². The van der Waals surface area contributed by atoms with Gasteiger partial charge in [-0.1, -0.05) is 36.4 Å². The molecule has 5 nitrogen and oxygen atoms in total. The van der Waals surface area contributed by atoms with Crippen molar-refractivity contribution in [2.75, 3.05) is 5.32 Å². The van der Waals surface area contributed by atoms with Crippen LogP contribution in [0.3, 0.4) is 0 Å². The highest BCUT2D eigenvalue weighted by molar-refractivity contribution is 14.1. The van der Waals surface area contributed by atoms with E-state index in [4.69, 9.17) is 4.74 Å². The molecule has 0 spiro atoms. The molecule has 4 aromatic rings. The topological polar surface area (TPSA) is 82.3 Å². The average molecular weight is 672 g/mol. The molecular formula is C27H18I2N2O3. The van der Waals surface area contributed by atoms with Crippen LogP contribution in [-0.2, 0) is 11.4 Å². The van der Waals surface area contributed by atoms with Crippen LogP contribution in [0.15, 0.2) is 84.4 Å². The van der Waals surface area contributed by atoms with Gasteiger partial charge in [0.2, 0.25) is 0 Å². The largest absolute Gasteiger partial charge is 0.508 e. The Labute approximate surface area is 224 Å². The average Bonchev–Trinajstić information content (AvgIpc) is 2.83. The summed E-state index contributed by atoms with van der Waals surface area (Å²) in [6.45, 7) is 0.435. The van der Waals surface area contributed by atoms with Crippen molar-refractivity contribution < 1.29 is 14.6 Å². The quantitative estimate of drug-likeness (QED) is 0.101. The minimum Gasteiger partial charge on any atom is -0.508 e. The number of benzene rings is 4. The van der Waals surface area contributed by atoms with E-state index in [1.165, 1.54) is 22.9 Å². The summed E-state index contributed by atoms with van der Waals surface area (Å²) < 4.78 is 7.89. The Kier molecular flexibility index (Phi) is 7.70. The number of amides is 1. The lowest BCUT2D eigenvalue weighted by Crippen LogP contribution is -2.13. The van der Waals surface area contributed by atoms with Gasteiger partial charge in [0.1, 0.15) is 29.7 Å². The van der Waals surface area contributed by atoms with E-state index in [0.29, 0.717) is 12.3 Å². The van der Waals surface area contributed by atoms with Crippen molar-refractivity contribution in [1.82, 2.24) is 0 Å². The summed E-state index contributed by atoms with van der Waals surface area (Å²) in [4.78, 5) is 12.5. The predicted molar refractivity (Wildman–Crippen MR) is 150 cm³/mol. The summed E-state index contributed by atoms with van der Waals surface area (Å²) in [5.74, 6) is 0.342. The number of nitrogens with one attached hydrogen (secondary N) is 1. The maximum Gasteiger partial charge on any atom is 0.266 e. The van der Waals surface area contributed by atoms with Gasteiger partial charge in [-0.25, -0.2) is 0 Å². The summed E-state index contributed by atoms with van der Waals surface area (Å²) in [5, 5.41) is 23.9. The van der Waals surface area contributed by atoms with Gasteiger partial charge in [-0.05, 0) is 116 Å². The lowest BCUT2D eigenvalue weighted by Gasteiger charge is -2.12. The maximum absolute atomic E-state index is 12.5. The van der Waals surface area contributed by atoms with Crippen molar-refractivity contribution >= 4 is 73.6 Å². The van der Waals surface area contributed by atoms with Crippen molar-refractivity contribution in [3.05, 3.63) is 103 Å². The van der Waals surface area contributed by atoms with Gasteiger partial charge in [0.15, 0.2) is 0 Å². The Morgan fingerprint density at radius 3 is 2.32 bits per heavy atom. The number of phenolic OH excluding ortho intramolecular Hbond substituents is 1. The number of nitrogens with zero attached hydrogens (tertiary/aromatic N) is 1. The number of ether oxygens (including phenoxy) is 1. The van der Waals surface area contributed by atoms with Crippen LogP contribution in [-0.4, -0.2) is 11.0 Å². The monoisotopic (exact) mass is 672 g/mol. The summed E-state index contributed by atoms with van der Waals surface area (Å²) in [6.07, 6.45) is 1.55. The molecular weight excluding hydrogens is 654 g/mol. The molecule has 2 N–H and O–H groups in total. The number of halogens is 2. The third-order valence-corrected chi connectivity index (χ3v) is 6.62. The van der Waals surface area contributed by atoms with Gasteiger partial charge in [0, 0.05) is 5.69 Å². The molecule has 0 radical (unpaired) electrons. The second-order valence-electron chi connectivity index (χ2n) is 7.45. The Hall–Kier alpha value is -3.10. The molecule has 34 heavy (non-hydrogen) atoms. The normalized spacial score (nSPS) is 11.1. The first-order valence-electron chi connectivity index (χ1n) is 10.2. The molecule has 0 bridgehead atoms. The third kappa shape index (κ3) is 5.87. The van der Waals surface area contributed by atoms with Gasteiger partial charge in [-0.2, -0.15) is 5.26 Å². The number of rotatable bonds is 6. The predicted octanol–water partition coefficient (Wildman–Crippen LogP) is 6.88. The van der Waals surface area contributed by atoms with Crippen molar-refractivity contribution in [3.8, 4) is 17.6 Å². The smallest absolute Gasteiger partial charge is 0.266 e. The van der Waals surface area contributed by atoms with Crippen LogP contribution >= 0.6 is 45.2 Å². The van der Waals surface area contributed by atoms with E-state index >= 15 is 0 Å². The number of anilines is 1. The highest BCUT2D eigenvalue weighted by Gasteiger charge is 2.13. The molecule has 4 rings (SSSR count). The van der Waals surface area contributed by atoms with Crippen LogP contribution in [0, 0.1) is 18.5 Å². The van der Waals surface area contributed by atoms with Crippen LogP contribution in [0.1, 0.15) is 11.1 Å². The van der Waals surface area contributed by atoms with Crippen LogP contribution in [0.2, 0.25) is 0 Å². The van der Waals surface area contributed by atoms with Crippen molar-refractivity contribution in [2.45, 2.75) is 6.61 Å². The van der Waals surface area contributed by atoms with Crippen LogP contribution < -0.4 is 10.1 Å². The Morgan fingerprint density at radius 2 is 1.65 bits per heavy atom. The molecule has 0 atom stereocenters. The molecule has 0 aromatic heterocycles. The van der Waals surface area contributed by atoms with Crippen LogP contribution in [0.4, 0.5) is 5.69 Å². The number of carbonyl (C=O) groups excluding carboxylic acids is 1. The molecule has 0 unspecified atom stereocenters.